The van der Waals surface area contributed by atoms with Gasteiger partial charge in [0.15, 0.2) is 25.9 Å². The van der Waals surface area contributed by atoms with Gasteiger partial charge in [-0.15, -0.1) is 0 Å². The minimum absolute atomic E-state index is 0.187. The van der Waals surface area contributed by atoms with Crippen LogP contribution in [0.25, 0.3) is 0 Å². The lowest BCUT2D eigenvalue weighted by atomic mass is 9.97. The van der Waals surface area contributed by atoms with Crippen LogP contribution in [0.2, 0.25) is 0 Å². The van der Waals surface area contributed by atoms with Crippen LogP contribution in [0.5, 0.6) is 0 Å². The number of ether oxygens (including phenoxy) is 6. The topological polar surface area (TPSA) is 296 Å². The maximum absolute atomic E-state index is 10.9. The Kier molecular flexibility index (Phi) is 11.7. The first-order valence-corrected chi connectivity index (χ1v) is 12.0. The Morgan fingerprint density at radius 2 is 1.13 bits per heavy atom. The molecule has 0 aromatic rings. The van der Waals surface area contributed by atoms with Crippen molar-refractivity contribution in [2.24, 2.45) is 5.11 Å². The smallest absolute Gasteiger partial charge is 0.203 e. The minimum atomic E-state index is -1.91. The lowest BCUT2D eigenvalue weighted by Gasteiger charge is -2.46. The van der Waals surface area contributed by atoms with Gasteiger partial charge in [0.2, 0.25) is 6.73 Å². The Morgan fingerprint density at radius 3 is 1.69 bits per heavy atom. The summed E-state index contributed by atoms with van der Waals surface area (Å²) in [4.78, 5) is 0.187. The van der Waals surface area contributed by atoms with Crippen molar-refractivity contribution >= 4 is 0 Å². The van der Waals surface area contributed by atoms with Crippen molar-refractivity contribution in [3.63, 3.8) is 0 Å². The quantitative estimate of drug-likeness (QED) is 0.0656. The van der Waals surface area contributed by atoms with E-state index in [1.807, 2.05) is 0 Å². The first kappa shape index (κ1) is 32.3. The largest absolute Gasteiger partial charge is 0.600 e. The van der Waals surface area contributed by atoms with Gasteiger partial charge in [0.05, 0.1) is 19.8 Å². The molecule has 39 heavy (non-hydrogen) atoms. The first-order valence-electron chi connectivity index (χ1n) is 12.0. The lowest BCUT2D eigenvalue weighted by molar-refractivity contribution is -0.505. The average Bonchev–Trinajstić information content (AvgIpc) is 2.90. The number of hydroxylamine groups is 1. The van der Waals surface area contributed by atoms with Gasteiger partial charge in [-0.25, -0.2) is 0 Å². The van der Waals surface area contributed by atoms with Crippen molar-refractivity contribution in [2.45, 2.75) is 92.1 Å². The summed E-state index contributed by atoms with van der Waals surface area (Å²) in [6.07, 6.45) is -24.9. The second-order valence-electron chi connectivity index (χ2n) is 9.25. The molecule has 228 valence electrons. The number of azo groups is 1. The van der Waals surface area contributed by atoms with Gasteiger partial charge in [0.1, 0.15) is 73.2 Å². The van der Waals surface area contributed by atoms with Crippen molar-refractivity contribution in [1.29, 1.82) is 0 Å². The molecule has 3 aliphatic heterocycles. The zero-order valence-electron chi connectivity index (χ0n) is 20.7. The number of aliphatic hydroxyl groups excluding tert-OH is 10. The van der Waals surface area contributed by atoms with Crippen LogP contribution in [0.4, 0.5) is 0 Å². The second-order valence-corrected chi connectivity index (χ2v) is 9.25. The van der Waals surface area contributed by atoms with Gasteiger partial charge in [0, 0.05) is 0 Å². The average molecular weight is 577 g/mol. The summed E-state index contributed by atoms with van der Waals surface area (Å²) < 4.78 is 32.0. The van der Waals surface area contributed by atoms with E-state index in [1.54, 1.807) is 0 Å². The van der Waals surface area contributed by atoms with Gasteiger partial charge in [0.25, 0.3) is 0 Å². The van der Waals surface area contributed by atoms with Crippen molar-refractivity contribution in [2.75, 3.05) is 33.6 Å². The van der Waals surface area contributed by atoms with Crippen LogP contribution in [0.15, 0.2) is 5.11 Å². The molecule has 0 aromatic heterocycles. The summed E-state index contributed by atoms with van der Waals surface area (Å²) in [5.41, 5.74) is 0. The first-order chi connectivity index (χ1) is 18.4. The summed E-state index contributed by atoms with van der Waals surface area (Å²) in [6.45, 7) is -2.67. The molecule has 3 saturated heterocycles. The van der Waals surface area contributed by atoms with Crippen molar-refractivity contribution in [3.05, 3.63) is 5.21 Å². The molecule has 0 unspecified atom stereocenters. The van der Waals surface area contributed by atoms with E-state index in [-0.39, 0.29) is 4.86 Å². The van der Waals surface area contributed by atoms with Crippen LogP contribution in [-0.2, 0) is 28.4 Å². The van der Waals surface area contributed by atoms with Crippen LogP contribution in [0, 0.1) is 5.21 Å². The highest BCUT2D eigenvalue weighted by Crippen LogP contribution is 2.30. The third-order valence-electron chi connectivity index (χ3n) is 6.55. The van der Waals surface area contributed by atoms with Crippen LogP contribution in [0.1, 0.15) is 0 Å². The molecule has 3 heterocycles. The Hall–Kier alpha value is -1.24. The van der Waals surface area contributed by atoms with E-state index in [9.17, 15) is 56.3 Å². The van der Waals surface area contributed by atoms with Gasteiger partial charge in [-0.1, -0.05) is 4.86 Å². The summed E-state index contributed by atoms with van der Waals surface area (Å²) in [7, 11) is 1.08. The number of aliphatic hydroxyl groups is 10. The van der Waals surface area contributed by atoms with Gasteiger partial charge in [-0.3, -0.25) is 0 Å². The number of nitrogens with zero attached hydrogens (tertiary/aromatic N) is 2. The standard InChI is InChI=1S/C20H36N2O17/c1-22(33)21-5-35-19-16(32)17(11(27)7(3-24)37-19)39-20-15(31)13(29)10(26)8(38-20)4-34-18-14(30)12(28)9(25)6(2-23)36-18/h6-20,23-32H,2-5H2,1H3/t6-,7-,8-,9-,10+,11-,12-,13-,14-,15-,16-,17+,18-,19-,20+/m1/s1. The lowest BCUT2D eigenvalue weighted by Crippen LogP contribution is -2.65. The second kappa shape index (κ2) is 14.1. The maximum Gasteiger partial charge on any atom is 0.203 e. The monoisotopic (exact) mass is 576 g/mol. The predicted octanol–water partition coefficient (Wildman–Crippen LogP) is -7.00. The molecule has 0 radical (unpaired) electrons. The molecule has 0 spiro atoms. The van der Waals surface area contributed by atoms with Crippen molar-refractivity contribution in [1.82, 2.24) is 0 Å². The molecule has 10 N–H and O–H groups in total. The molecule has 0 aromatic carbocycles. The summed E-state index contributed by atoms with van der Waals surface area (Å²) in [6, 6.07) is 0. The van der Waals surface area contributed by atoms with Crippen LogP contribution >= 0.6 is 0 Å². The van der Waals surface area contributed by atoms with E-state index >= 15 is 0 Å². The van der Waals surface area contributed by atoms with Gasteiger partial charge < -0.3 is 84.7 Å². The fourth-order valence-corrected chi connectivity index (χ4v) is 4.26. The predicted molar refractivity (Wildman–Crippen MR) is 117 cm³/mol. The van der Waals surface area contributed by atoms with Gasteiger partial charge in [-0.2, -0.15) is 0 Å². The third kappa shape index (κ3) is 7.35. The van der Waals surface area contributed by atoms with Crippen LogP contribution < -0.4 is 0 Å². The molecular formula is C20H36N2O17. The number of hydrogen-bond donors (Lipinski definition) is 10. The summed E-state index contributed by atoms with van der Waals surface area (Å²) in [5.74, 6) is 0. The molecule has 3 aliphatic rings. The summed E-state index contributed by atoms with van der Waals surface area (Å²) in [5, 5.41) is 115. The zero-order chi connectivity index (χ0) is 29.0. The van der Waals surface area contributed by atoms with E-state index in [4.69, 9.17) is 28.4 Å². The van der Waals surface area contributed by atoms with E-state index in [0.29, 0.717) is 0 Å². The molecular weight excluding hydrogens is 540 g/mol. The highest BCUT2D eigenvalue weighted by Gasteiger charge is 2.51. The fraction of sp³-hybridized carbons (Fsp3) is 1.00. The number of rotatable bonds is 10. The maximum atomic E-state index is 10.9. The molecule has 0 amide bonds. The van der Waals surface area contributed by atoms with E-state index in [1.165, 1.54) is 0 Å². The number of hydrogen-bond acceptors (Lipinski definition) is 18. The van der Waals surface area contributed by atoms with Crippen molar-refractivity contribution in [3.8, 4) is 0 Å². The van der Waals surface area contributed by atoms with E-state index < -0.39 is 119 Å². The Morgan fingerprint density at radius 1 is 0.641 bits per heavy atom. The Bertz CT molecular complexity index is 789. The van der Waals surface area contributed by atoms with Gasteiger partial charge in [-0.05, 0) is 5.11 Å². The molecule has 3 rings (SSSR count). The third-order valence-corrected chi connectivity index (χ3v) is 6.55. The zero-order valence-corrected chi connectivity index (χ0v) is 20.7. The normalized spacial score (nSPS) is 47.8. The van der Waals surface area contributed by atoms with E-state index in [0.717, 1.165) is 7.05 Å². The van der Waals surface area contributed by atoms with Crippen molar-refractivity contribution < 1.29 is 84.3 Å². The molecule has 3 fully saturated rings. The Labute approximate surface area is 221 Å². The molecule has 0 bridgehead atoms. The van der Waals surface area contributed by atoms with Crippen LogP contribution in [0.3, 0.4) is 0 Å². The molecule has 0 aliphatic carbocycles. The van der Waals surface area contributed by atoms with Gasteiger partial charge >= 0.3 is 0 Å². The SMILES string of the molecule is C[N+]([O-])=NCO[C@@H]1O[C@H](CO)[C@@H](O)[C@H](O[C@@H]2O[C@H](CO[C@@H]3O[C@H](CO)[C@@H](O)[C@@H](O)[C@H]3O)[C@H](O)[C@@H](O)[C@H]2O)[C@H]1O. The Balaban J connectivity index is 1.68. The fourth-order valence-electron chi connectivity index (χ4n) is 4.26. The molecule has 19 nitrogen and oxygen atoms in total. The summed E-state index contributed by atoms with van der Waals surface area (Å²) >= 11 is 0. The minimum Gasteiger partial charge on any atom is -0.600 e. The van der Waals surface area contributed by atoms with Crippen LogP contribution in [-0.4, -0.2) is 182 Å². The molecule has 0 saturated carbocycles. The molecule has 15 atom stereocenters. The highest BCUT2D eigenvalue weighted by molar-refractivity contribution is 4.95. The highest BCUT2D eigenvalue weighted by atomic mass is 16.8. The molecule has 19 heteroatoms. The van der Waals surface area contributed by atoms with E-state index in [2.05, 4.69) is 5.11 Å².